The van der Waals surface area contributed by atoms with Gasteiger partial charge in [0, 0.05) is 37.3 Å². The van der Waals surface area contributed by atoms with Crippen molar-refractivity contribution in [1.82, 2.24) is 4.57 Å². The lowest BCUT2D eigenvalue weighted by Gasteiger charge is -2.43. The number of pyridine rings is 1. The van der Waals surface area contributed by atoms with Crippen molar-refractivity contribution in [1.29, 1.82) is 0 Å². The van der Waals surface area contributed by atoms with Gasteiger partial charge >= 0.3 is 5.97 Å². The molecule has 1 unspecified atom stereocenters. The first-order valence-corrected chi connectivity index (χ1v) is 9.95. The molecular weight excluding hydrogens is 449 g/mol. The minimum absolute atomic E-state index is 0.0252. The van der Waals surface area contributed by atoms with Gasteiger partial charge in [-0.1, -0.05) is 11.6 Å². The molecule has 0 amide bonds. The molecular formula is C21H18ClF3N4O3. The van der Waals surface area contributed by atoms with Crippen LogP contribution in [-0.2, 0) is 0 Å². The Morgan fingerprint density at radius 2 is 1.84 bits per heavy atom. The summed E-state index contributed by atoms with van der Waals surface area (Å²) >= 11 is 6.52. The van der Waals surface area contributed by atoms with Crippen LogP contribution in [0.2, 0.25) is 5.02 Å². The van der Waals surface area contributed by atoms with Gasteiger partial charge in [-0.05, 0) is 19.1 Å². The van der Waals surface area contributed by atoms with Gasteiger partial charge < -0.3 is 26.0 Å². The third-order valence-electron chi connectivity index (χ3n) is 5.68. The van der Waals surface area contributed by atoms with Gasteiger partial charge in [-0.2, -0.15) is 0 Å². The van der Waals surface area contributed by atoms with Gasteiger partial charge in [0.05, 0.1) is 33.0 Å². The summed E-state index contributed by atoms with van der Waals surface area (Å²) in [4.78, 5) is 26.0. The molecule has 1 aromatic heterocycles. The largest absolute Gasteiger partial charge is 0.477 e. The highest BCUT2D eigenvalue weighted by atomic mass is 35.5. The Labute approximate surface area is 184 Å². The van der Waals surface area contributed by atoms with Crippen LogP contribution in [0.1, 0.15) is 17.3 Å². The summed E-state index contributed by atoms with van der Waals surface area (Å²) in [6.07, 6.45) is 0.858. The third kappa shape index (κ3) is 3.35. The molecule has 2 aromatic carbocycles. The summed E-state index contributed by atoms with van der Waals surface area (Å²) in [5, 5.41) is 8.84. The molecule has 0 spiro atoms. The van der Waals surface area contributed by atoms with E-state index in [9.17, 15) is 23.5 Å². The van der Waals surface area contributed by atoms with E-state index in [0.717, 1.165) is 22.9 Å². The van der Waals surface area contributed by atoms with Crippen molar-refractivity contribution < 1.29 is 23.1 Å². The summed E-state index contributed by atoms with van der Waals surface area (Å²) in [6.45, 7) is 2.65. The average molecular weight is 467 g/mol. The number of carboxylic acid groups (broad SMARTS) is 1. The van der Waals surface area contributed by atoms with E-state index in [1.165, 1.54) is 0 Å². The van der Waals surface area contributed by atoms with Gasteiger partial charge in [-0.25, -0.2) is 18.0 Å². The second kappa shape index (κ2) is 7.72. The Morgan fingerprint density at radius 3 is 2.44 bits per heavy atom. The highest BCUT2D eigenvalue weighted by Gasteiger charge is 2.34. The molecule has 4 rings (SSSR count). The molecule has 1 saturated heterocycles. The number of carboxylic acids is 1. The lowest BCUT2D eigenvalue weighted by Crippen LogP contribution is -2.54. The van der Waals surface area contributed by atoms with Crippen LogP contribution < -0.4 is 21.8 Å². The molecule has 2 heterocycles. The Morgan fingerprint density at radius 1 is 1.19 bits per heavy atom. The Balaban J connectivity index is 2.06. The van der Waals surface area contributed by atoms with Crippen LogP contribution in [0.4, 0.5) is 24.5 Å². The van der Waals surface area contributed by atoms with Gasteiger partial charge in [0.2, 0.25) is 5.43 Å². The lowest BCUT2D eigenvalue weighted by atomic mass is 9.92. The number of hydrogen-bond acceptors (Lipinski definition) is 5. The number of halogens is 4. The first-order chi connectivity index (χ1) is 15.0. The standard InChI is InChI=1S/C21H18ClF3N4O3/c1-8(26)9-5-28(6-9)19-14(25)2-10-18(17(19)22)29(7-11(20(10)30)21(31)32)16-4-15(27)12(23)3-13(16)24/h2-4,7-9H,5-6,26-27H2,1H3,(H,31,32). The summed E-state index contributed by atoms with van der Waals surface area (Å²) < 4.78 is 44.4. The van der Waals surface area contributed by atoms with E-state index in [-0.39, 0.29) is 39.3 Å². The number of anilines is 2. The molecule has 5 N–H and O–H groups in total. The maximum absolute atomic E-state index is 15.0. The lowest BCUT2D eigenvalue weighted by molar-refractivity contribution is 0.0695. The molecule has 1 atom stereocenters. The predicted molar refractivity (Wildman–Crippen MR) is 115 cm³/mol. The number of nitrogens with two attached hydrogens (primary N) is 2. The zero-order valence-electron chi connectivity index (χ0n) is 16.7. The summed E-state index contributed by atoms with van der Waals surface area (Å²) in [7, 11) is 0. The van der Waals surface area contributed by atoms with Gasteiger partial charge in [0.15, 0.2) is 0 Å². The number of nitrogens with zero attached hydrogens (tertiary/aromatic N) is 2. The van der Waals surface area contributed by atoms with E-state index in [1.54, 1.807) is 4.90 Å². The fourth-order valence-electron chi connectivity index (χ4n) is 3.80. The van der Waals surface area contributed by atoms with E-state index >= 15 is 4.39 Å². The smallest absolute Gasteiger partial charge is 0.341 e. The second-order valence-corrected chi connectivity index (χ2v) is 8.19. The Bertz CT molecular complexity index is 1340. The zero-order chi connectivity index (χ0) is 23.5. The van der Waals surface area contributed by atoms with Crippen molar-refractivity contribution in [2.24, 2.45) is 11.7 Å². The Kier molecular flexibility index (Phi) is 5.30. The van der Waals surface area contributed by atoms with Crippen LogP contribution in [-0.4, -0.2) is 34.8 Å². The summed E-state index contributed by atoms with van der Waals surface area (Å²) in [5.74, 6) is -4.44. The van der Waals surface area contributed by atoms with E-state index in [4.69, 9.17) is 23.1 Å². The number of aromatic nitrogens is 1. The van der Waals surface area contributed by atoms with Gasteiger partial charge in [0.1, 0.15) is 23.0 Å². The van der Waals surface area contributed by atoms with Crippen LogP contribution in [0.15, 0.2) is 29.2 Å². The van der Waals surface area contributed by atoms with Crippen molar-refractivity contribution in [3.05, 3.63) is 62.7 Å². The van der Waals surface area contributed by atoms with Crippen LogP contribution in [0.5, 0.6) is 0 Å². The fraction of sp³-hybridized carbons (Fsp3) is 0.238. The Hall–Kier alpha value is -3.24. The number of carbonyl (C=O) groups is 1. The SMILES string of the molecule is CC(N)C1CN(c2c(F)cc3c(=O)c(C(=O)O)cn(-c4cc(N)c(F)cc4F)c3c2Cl)C1. The van der Waals surface area contributed by atoms with Crippen LogP contribution in [0, 0.1) is 23.4 Å². The normalized spacial score (nSPS) is 15.1. The number of fused-ring (bicyclic) bond motifs is 1. The molecule has 0 radical (unpaired) electrons. The van der Waals surface area contributed by atoms with E-state index in [2.05, 4.69) is 0 Å². The number of nitrogen functional groups attached to an aromatic ring is 1. The van der Waals surface area contributed by atoms with Gasteiger partial charge in [-0.15, -0.1) is 0 Å². The third-order valence-corrected chi connectivity index (χ3v) is 6.04. The number of rotatable bonds is 4. The van der Waals surface area contributed by atoms with Crippen LogP contribution >= 0.6 is 11.6 Å². The number of hydrogen-bond donors (Lipinski definition) is 3. The molecule has 0 aliphatic carbocycles. The monoisotopic (exact) mass is 466 g/mol. The topological polar surface area (TPSA) is 115 Å². The highest BCUT2D eigenvalue weighted by molar-refractivity contribution is 6.38. The summed E-state index contributed by atoms with van der Waals surface area (Å²) in [5.41, 5.74) is 8.78. The molecule has 1 fully saturated rings. The van der Waals surface area contributed by atoms with Crippen molar-refractivity contribution in [3.8, 4) is 5.69 Å². The fourth-order valence-corrected chi connectivity index (χ4v) is 4.21. The van der Waals surface area contributed by atoms with E-state index in [1.807, 2.05) is 6.92 Å². The molecule has 7 nitrogen and oxygen atoms in total. The minimum Gasteiger partial charge on any atom is -0.477 e. The quantitative estimate of drug-likeness (QED) is 0.509. The first kappa shape index (κ1) is 22.0. The van der Waals surface area contributed by atoms with Crippen molar-refractivity contribution in [2.45, 2.75) is 13.0 Å². The average Bonchev–Trinajstić information content (AvgIpc) is 2.66. The second-order valence-electron chi connectivity index (χ2n) is 7.81. The molecule has 11 heteroatoms. The first-order valence-electron chi connectivity index (χ1n) is 9.57. The van der Waals surface area contributed by atoms with Gasteiger partial charge in [0.25, 0.3) is 0 Å². The molecule has 1 aliphatic heterocycles. The maximum Gasteiger partial charge on any atom is 0.341 e. The minimum atomic E-state index is -1.61. The maximum atomic E-state index is 15.0. The number of benzene rings is 2. The van der Waals surface area contributed by atoms with Crippen molar-refractivity contribution in [3.63, 3.8) is 0 Å². The molecule has 0 saturated carbocycles. The molecule has 168 valence electrons. The molecule has 3 aromatic rings. The van der Waals surface area contributed by atoms with E-state index in [0.29, 0.717) is 19.2 Å². The molecule has 32 heavy (non-hydrogen) atoms. The summed E-state index contributed by atoms with van der Waals surface area (Å²) in [6, 6.07) is 2.21. The predicted octanol–water partition coefficient (Wildman–Crippen LogP) is 3.13. The molecule has 0 bridgehead atoms. The van der Waals surface area contributed by atoms with Gasteiger partial charge in [-0.3, -0.25) is 4.79 Å². The van der Waals surface area contributed by atoms with Crippen LogP contribution in [0.3, 0.4) is 0 Å². The van der Waals surface area contributed by atoms with Crippen LogP contribution in [0.25, 0.3) is 16.6 Å². The molecule has 1 aliphatic rings. The van der Waals surface area contributed by atoms with Crippen molar-refractivity contribution in [2.75, 3.05) is 23.7 Å². The van der Waals surface area contributed by atoms with Crippen molar-refractivity contribution >= 4 is 39.8 Å². The van der Waals surface area contributed by atoms with E-state index < -0.39 is 40.1 Å². The highest BCUT2D eigenvalue weighted by Crippen LogP contribution is 2.40. The zero-order valence-corrected chi connectivity index (χ0v) is 17.5. The number of aromatic carboxylic acids is 1.